The van der Waals surface area contributed by atoms with Gasteiger partial charge in [-0.3, -0.25) is 0 Å². The van der Waals surface area contributed by atoms with Gasteiger partial charge in [-0.05, 0) is 18.2 Å². The summed E-state index contributed by atoms with van der Waals surface area (Å²) >= 11 is 0. The van der Waals surface area contributed by atoms with E-state index in [1.54, 1.807) is 0 Å². The standard InChI is InChI=1S/C6H8O2/c1-2-6(8)4-3-5-7/h2-5,7-8H,1H2/b5-3+,6-4+. The van der Waals surface area contributed by atoms with Gasteiger partial charge in [0.15, 0.2) is 0 Å². The Balaban J connectivity index is 3.74. The minimum Gasteiger partial charge on any atom is -0.516 e. The molecule has 0 aliphatic carbocycles. The van der Waals surface area contributed by atoms with Crippen LogP contribution in [0.2, 0.25) is 0 Å². The third kappa shape index (κ3) is 3.03. The Morgan fingerprint density at radius 2 is 2.12 bits per heavy atom. The first-order chi connectivity index (χ1) is 3.81. The molecule has 0 heterocycles. The fraction of sp³-hybridized carbons (Fsp3) is 0. The van der Waals surface area contributed by atoms with E-state index in [0.717, 1.165) is 6.26 Å². The molecule has 0 bridgehead atoms. The quantitative estimate of drug-likeness (QED) is 0.421. The average Bonchev–Trinajstić information content (AvgIpc) is 1.83. The third-order valence-corrected chi connectivity index (χ3v) is 0.562. The molecule has 0 aromatic carbocycles. The van der Waals surface area contributed by atoms with Crippen LogP contribution >= 0.6 is 0 Å². The number of aliphatic hydroxyl groups excluding tert-OH is 2. The molecule has 8 heavy (non-hydrogen) atoms. The zero-order valence-electron chi connectivity index (χ0n) is 4.41. The summed E-state index contributed by atoms with van der Waals surface area (Å²) in [5.74, 6) is 0.0373. The van der Waals surface area contributed by atoms with Crippen molar-refractivity contribution in [3.63, 3.8) is 0 Å². The van der Waals surface area contributed by atoms with Gasteiger partial charge < -0.3 is 10.2 Å². The number of hydrogen-bond acceptors (Lipinski definition) is 2. The van der Waals surface area contributed by atoms with E-state index >= 15 is 0 Å². The first-order valence-electron chi connectivity index (χ1n) is 2.13. The molecule has 0 atom stereocenters. The molecule has 0 unspecified atom stereocenters. The van der Waals surface area contributed by atoms with Crippen LogP contribution in [0, 0.1) is 0 Å². The fourth-order valence-corrected chi connectivity index (χ4v) is 0.210. The van der Waals surface area contributed by atoms with Crippen molar-refractivity contribution in [1.82, 2.24) is 0 Å². The maximum atomic E-state index is 8.57. The first kappa shape index (κ1) is 6.82. The highest BCUT2D eigenvalue weighted by atomic mass is 16.3. The summed E-state index contributed by atoms with van der Waals surface area (Å²) in [5, 5.41) is 16.6. The normalized spacial score (nSPS) is 12.2. The molecular weight excluding hydrogens is 104 g/mol. The maximum absolute atomic E-state index is 8.57. The van der Waals surface area contributed by atoms with Crippen LogP contribution in [0.1, 0.15) is 0 Å². The molecule has 0 spiro atoms. The molecule has 0 amide bonds. The molecule has 0 saturated carbocycles. The number of hydrogen-bond donors (Lipinski definition) is 2. The predicted octanol–water partition coefficient (Wildman–Crippen LogP) is 1.69. The van der Waals surface area contributed by atoms with Crippen LogP contribution in [0.15, 0.2) is 36.8 Å². The van der Waals surface area contributed by atoms with E-state index in [1.807, 2.05) is 0 Å². The maximum Gasteiger partial charge on any atom is 0.115 e. The lowest BCUT2D eigenvalue weighted by Crippen LogP contribution is -1.67. The van der Waals surface area contributed by atoms with E-state index in [2.05, 4.69) is 6.58 Å². The van der Waals surface area contributed by atoms with Gasteiger partial charge in [0, 0.05) is 0 Å². The molecule has 44 valence electrons. The molecule has 2 heteroatoms. The van der Waals surface area contributed by atoms with Gasteiger partial charge in [-0.2, -0.15) is 0 Å². The lowest BCUT2D eigenvalue weighted by atomic mass is 10.4. The smallest absolute Gasteiger partial charge is 0.115 e. The van der Waals surface area contributed by atoms with Crippen molar-refractivity contribution in [2.24, 2.45) is 0 Å². The van der Waals surface area contributed by atoms with Crippen molar-refractivity contribution in [3.05, 3.63) is 36.8 Å². The highest BCUT2D eigenvalue weighted by Crippen LogP contribution is 1.86. The van der Waals surface area contributed by atoms with Crippen molar-refractivity contribution < 1.29 is 10.2 Å². The van der Waals surface area contributed by atoms with E-state index in [4.69, 9.17) is 10.2 Å². The summed E-state index contributed by atoms with van der Waals surface area (Å²) in [4.78, 5) is 0. The molecule has 2 N–H and O–H groups in total. The van der Waals surface area contributed by atoms with Crippen molar-refractivity contribution in [2.75, 3.05) is 0 Å². The Bertz CT molecular complexity index is 122. The largest absolute Gasteiger partial charge is 0.516 e. The predicted molar refractivity (Wildman–Crippen MR) is 32.7 cm³/mol. The highest BCUT2D eigenvalue weighted by Gasteiger charge is 1.74. The van der Waals surface area contributed by atoms with Gasteiger partial charge in [0.25, 0.3) is 0 Å². The highest BCUT2D eigenvalue weighted by molar-refractivity contribution is 5.13. The van der Waals surface area contributed by atoms with Crippen LogP contribution in [-0.4, -0.2) is 10.2 Å². The first-order valence-corrected chi connectivity index (χ1v) is 2.13. The number of rotatable bonds is 2. The van der Waals surface area contributed by atoms with Gasteiger partial charge in [-0.1, -0.05) is 6.58 Å². The van der Waals surface area contributed by atoms with Gasteiger partial charge in [0.05, 0.1) is 6.26 Å². The summed E-state index contributed by atoms with van der Waals surface area (Å²) in [5.41, 5.74) is 0. The molecule has 0 saturated heterocycles. The molecule has 0 aromatic heterocycles. The second-order valence-corrected chi connectivity index (χ2v) is 1.14. The van der Waals surface area contributed by atoms with E-state index in [0.29, 0.717) is 0 Å². The van der Waals surface area contributed by atoms with Crippen LogP contribution < -0.4 is 0 Å². The monoisotopic (exact) mass is 112 g/mol. The Hall–Kier alpha value is -1.18. The zero-order chi connectivity index (χ0) is 6.41. The molecular formula is C6H8O2. The van der Waals surface area contributed by atoms with Gasteiger partial charge in [-0.15, -0.1) is 0 Å². The van der Waals surface area contributed by atoms with Crippen LogP contribution in [-0.2, 0) is 0 Å². The van der Waals surface area contributed by atoms with Crippen LogP contribution in [0.4, 0.5) is 0 Å². The van der Waals surface area contributed by atoms with E-state index in [1.165, 1.54) is 18.2 Å². The van der Waals surface area contributed by atoms with E-state index in [-0.39, 0.29) is 5.76 Å². The summed E-state index contributed by atoms with van der Waals surface area (Å²) in [7, 11) is 0. The molecule has 0 aliphatic rings. The molecule has 0 radical (unpaired) electrons. The number of aliphatic hydroxyl groups is 2. The molecule has 2 nitrogen and oxygen atoms in total. The third-order valence-electron chi connectivity index (χ3n) is 0.562. The lowest BCUT2D eigenvalue weighted by molar-refractivity contribution is 0.432. The Morgan fingerprint density at radius 1 is 1.50 bits per heavy atom. The lowest BCUT2D eigenvalue weighted by Gasteiger charge is -1.81. The van der Waals surface area contributed by atoms with Crippen molar-refractivity contribution in [2.45, 2.75) is 0 Å². The average molecular weight is 112 g/mol. The van der Waals surface area contributed by atoms with Crippen LogP contribution in [0.5, 0.6) is 0 Å². The molecule has 0 rings (SSSR count). The Morgan fingerprint density at radius 3 is 2.50 bits per heavy atom. The van der Waals surface area contributed by atoms with Crippen LogP contribution in [0.3, 0.4) is 0 Å². The Labute approximate surface area is 48.1 Å². The van der Waals surface area contributed by atoms with Gasteiger partial charge >= 0.3 is 0 Å². The van der Waals surface area contributed by atoms with Crippen molar-refractivity contribution >= 4 is 0 Å². The Kier molecular flexibility index (Phi) is 3.40. The topological polar surface area (TPSA) is 40.5 Å². The van der Waals surface area contributed by atoms with Crippen LogP contribution in [0.25, 0.3) is 0 Å². The van der Waals surface area contributed by atoms with Gasteiger partial charge in [0.1, 0.15) is 5.76 Å². The van der Waals surface area contributed by atoms with Crippen molar-refractivity contribution in [3.8, 4) is 0 Å². The molecule has 0 aliphatic heterocycles. The summed E-state index contributed by atoms with van der Waals surface area (Å²) < 4.78 is 0. The van der Waals surface area contributed by atoms with E-state index in [9.17, 15) is 0 Å². The SMILES string of the molecule is C=C/C(O)=C\C=C\O. The van der Waals surface area contributed by atoms with Gasteiger partial charge in [0.2, 0.25) is 0 Å². The molecule has 0 fully saturated rings. The summed E-state index contributed by atoms with van der Waals surface area (Å²) in [6, 6.07) is 0. The van der Waals surface area contributed by atoms with E-state index < -0.39 is 0 Å². The summed E-state index contributed by atoms with van der Waals surface area (Å²) in [6.45, 7) is 3.28. The zero-order valence-corrected chi connectivity index (χ0v) is 4.41. The van der Waals surface area contributed by atoms with Crippen molar-refractivity contribution in [1.29, 1.82) is 0 Å². The van der Waals surface area contributed by atoms with Gasteiger partial charge in [-0.25, -0.2) is 0 Å². The minimum atomic E-state index is 0.0373. The molecule has 0 aromatic rings. The fourth-order valence-electron chi connectivity index (χ4n) is 0.210. The second-order valence-electron chi connectivity index (χ2n) is 1.14. The number of allylic oxidation sites excluding steroid dienone is 3. The summed E-state index contributed by atoms with van der Waals surface area (Å²) in [6.07, 6.45) is 4.74. The second kappa shape index (κ2) is 3.99. The minimum absolute atomic E-state index is 0.0373.